The Morgan fingerprint density at radius 3 is 2.77 bits per heavy atom. The summed E-state index contributed by atoms with van der Waals surface area (Å²) in [6.07, 6.45) is 3.97. The topological polar surface area (TPSA) is 88.6 Å². The zero-order valence-electron chi connectivity index (χ0n) is 21.3. The number of fused-ring (bicyclic) bond motifs is 1. The Morgan fingerprint density at radius 1 is 1.15 bits per heavy atom. The predicted octanol–water partition coefficient (Wildman–Crippen LogP) is 5.61. The van der Waals surface area contributed by atoms with Crippen molar-refractivity contribution in [3.8, 4) is 11.1 Å². The molecule has 1 aliphatic heterocycles. The van der Waals surface area contributed by atoms with Crippen molar-refractivity contribution < 1.29 is 18.4 Å². The van der Waals surface area contributed by atoms with Crippen molar-refractivity contribution in [2.75, 3.05) is 6.54 Å². The van der Waals surface area contributed by atoms with Crippen molar-refractivity contribution in [1.29, 1.82) is 0 Å². The smallest absolute Gasteiger partial charge is 0.243 e. The van der Waals surface area contributed by atoms with Crippen molar-refractivity contribution >= 4 is 34.4 Å². The van der Waals surface area contributed by atoms with E-state index in [0.717, 1.165) is 33.2 Å². The van der Waals surface area contributed by atoms with E-state index in [9.17, 15) is 14.0 Å². The summed E-state index contributed by atoms with van der Waals surface area (Å²) in [5, 5.41) is 3.66. The van der Waals surface area contributed by atoms with Gasteiger partial charge in [-0.2, -0.15) is 0 Å². The first-order valence-electron chi connectivity index (χ1n) is 12.8. The predicted molar refractivity (Wildman–Crippen MR) is 150 cm³/mol. The van der Waals surface area contributed by atoms with Gasteiger partial charge in [-0.25, -0.2) is 4.39 Å². The molecule has 2 atom stereocenters. The zero-order chi connectivity index (χ0) is 27.5. The second-order valence-corrected chi connectivity index (χ2v) is 10.2. The van der Waals surface area contributed by atoms with Crippen LogP contribution < -0.4 is 11.1 Å². The summed E-state index contributed by atoms with van der Waals surface area (Å²) >= 11 is 5.87. The summed E-state index contributed by atoms with van der Waals surface area (Å²) in [5.41, 5.74) is 10.5. The van der Waals surface area contributed by atoms with Gasteiger partial charge in [0.1, 0.15) is 17.4 Å². The monoisotopic (exact) mass is 545 g/mol. The first kappa shape index (κ1) is 26.7. The van der Waals surface area contributed by atoms with E-state index < -0.39 is 11.9 Å². The molecule has 2 amide bonds. The largest absolute Gasteiger partial charge is 0.464 e. The molecule has 0 radical (unpaired) electrons. The average Bonchev–Trinajstić information content (AvgIpc) is 3.61. The maximum Gasteiger partial charge on any atom is 0.243 e. The molecule has 0 unspecified atom stereocenters. The molecule has 0 aliphatic carbocycles. The third-order valence-electron chi connectivity index (χ3n) is 7.21. The van der Waals surface area contributed by atoms with Crippen molar-refractivity contribution in [2.24, 2.45) is 11.7 Å². The molecule has 5 rings (SSSR count). The van der Waals surface area contributed by atoms with E-state index in [1.165, 1.54) is 6.07 Å². The Hall–Kier alpha value is -3.94. The van der Waals surface area contributed by atoms with Crippen LogP contribution in [0.15, 0.2) is 84.0 Å². The maximum absolute atomic E-state index is 14.3. The van der Waals surface area contributed by atoms with E-state index in [1.807, 2.05) is 42.5 Å². The summed E-state index contributed by atoms with van der Waals surface area (Å²) in [6, 6.07) is 17.6. The van der Waals surface area contributed by atoms with Crippen molar-refractivity contribution in [1.82, 2.24) is 10.2 Å². The van der Waals surface area contributed by atoms with Gasteiger partial charge in [-0.3, -0.25) is 9.59 Å². The molecule has 8 heteroatoms. The van der Waals surface area contributed by atoms with Gasteiger partial charge in [0, 0.05) is 36.1 Å². The standard InChI is InChI=1S/C31H29ClFN3O3/c1-2-19-14-27(31(38)35-17-24-7-4-8-26(32)29(24)33)36(18-19)28(37)15-21-12-23-9-10-39-30(23)25(13-21)22-6-3-5-20(11-22)16-34/h2-13,19,27H,1,14-18,34H2,(H,35,38)/t19-,27+/m1/s1. The number of hydrogen-bond donors (Lipinski definition) is 2. The molecule has 39 heavy (non-hydrogen) atoms. The molecule has 200 valence electrons. The minimum Gasteiger partial charge on any atom is -0.464 e. The molecule has 1 aromatic heterocycles. The molecule has 1 fully saturated rings. The van der Waals surface area contributed by atoms with E-state index in [2.05, 4.69) is 11.9 Å². The van der Waals surface area contributed by atoms with Crippen molar-refractivity contribution in [2.45, 2.75) is 32.0 Å². The Morgan fingerprint density at radius 2 is 1.97 bits per heavy atom. The summed E-state index contributed by atoms with van der Waals surface area (Å²) in [7, 11) is 0. The molecule has 4 aromatic rings. The van der Waals surface area contributed by atoms with Gasteiger partial charge >= 0.3 is 0 Å². The lowest BCUT2D eigenvalue weighted by molar-refractivity contribution is -0.138. The molecular formula is C31H29ClFN3O3. The number of halogens is 2. The fraction of sp³-hybridized carbons (Fsp3) is 0.226. The Kier molecular flexibility index (Phi) is 7.82. The lowest BCUT2D eigenvalue weighted by Crippen LogP contribution is -2.46. The quantitative estimate of drug-likeness (QED) is 0.282. The zero-order valence-corrected chi connectivity index (χ0v) is 22.1. The van der Waals surface area contributed by atoms with Crippen LogP contribution >= 0.6 is 11.6 Å². The Bertz CT molecular complexity index is 1550. The van der Waals surface area contributed by atoms with Crippen LogP contribution in [0.4, 0.5) is 4.39 Å². The second-order valence-electron chi connectivity index (χ2n) is 9.79. The van der Waals surface area contributed by atoms with Crippen LogP contribution in [-0.2, 0) is 29.1 Å². The number of nitrogens with two attached hydrogens (primary N) is 1. The van der Waals surface area contributed by atoms with E-state index in [1.54, 1.807) is 29.4 Å². The van der Waals surface area contributed by atoms with Crippen LogP contribution in [0.1, 0.15) is 23.1 Å². The van der Waals surface area contributed by atoms with E-state index in [4.69, 9.17) is 21.8 Å². The lowest BCUT2D eigenvalue weighted by atomic mass is 9.97. The summed E-state index contributed by atoms with van der Waals surface area (Å²) in [4.78, 5) is 28.3. The summed E-state index contributed by atoms with van der Waals surface area (Å²) < 4.78 is 20.1. The Labute approximate surface area is 231 Å². The number of nitrogens with one attached hydrogen (secondary N) is 1. The van der Waals surface area contributed by atoms with Crippen LogP contribution in [0.2, 0.25) is 5.02 Å². The number of likely N-dealkylation sites (tertiary alicyclic amines) is 1. The van der Waals surface area contributed by atoms with Gasteiger partial charge in [0.15, 0.2) is 0 Å². The van der Waals surface area contributed by atoms with Crippen LogP contribution in [0, 0.1) is 11.7 Å². The van der Waals surface area contributed by atoms with Gasteiger partial charge < -0.3 is 20.4 Å². The molecule has 6 nitrogen and oxygen atoms in total. The number of carbonyl (C=O) groups is 2. The molecule has 1 saturated heterocycles. The first-order valence-corrected chi connectivity index (χ1v) is 13.2. The van der Waals surface area contributed by atoms with Crippen LogP contribution in [-0.4, -0.2) is 29.3 Å². The minimum atomic E-state index is -0.680. The average molecular weight is 546 g/mol. The highest BCUT2D eigenvalue weighted by Crippen LogP contribution is 2.33. The fourth-order valence-corrected chi connectivity index (χ4v) is 5.35. The SMILES string of the molecule is C=C[C@@H]1C[C@@H](C(=O)NCc2cccc(Cl)c2F)N(C(=O)Cc2cc(-c3cccc(CN)c3)c3occc3c2)C1. The van der Waals surface area contributed by atoms with Gasteiger partial charge in [0.25, 0.3) is 0 Å². The number of carbonyl (C=O) groups excluding carboxylic acids is 2. The van der Waals surface area contributed by atoms with Crippen molar-refractivity contribution in [3.63, 3.8) is 0 Å². The normalized spacial score (nSPS) is 16.9. The summed E-state index contributed by atoms with van der Waals surface area (Å²) in [6.45, 7) is 4.65. The Balaban J connectivity index is 1.37. The molecule has 3 N–H and O–H groups in total. The molecule has 0 spiro atoms. The van der Waals surface area contributed by atoms with Crippen LogP contribution in [0.25, 0.3) is 22.1 Å². The number of benzene rings is 3. The molecule has 2 heterocycles. The lowest BCUT2D eigenvalue weighted by Gasteiger charge is -2.24. The highest BCUT2D eigenvalue weighted by atomic mass is 35.5. The molecule has 0 saturated carbocycles. The maximum atomic E-state index is 14.3. The number of nitrogens with zero attached hydrogens (tertiary/aromatic N) is 1. The number of furan rings is 1. The van der Waals surface area contributed by atoms with E-state index >= 15 is 0 Å². The van der Waals surface area contributed by atoms with Crippen molar-refractivity contribution in [3.05, 3.63) is 107 Å². The van der Waals surface area contributed by atoms with Gasteiger partial charge in [-0.1, -0.05) is 48.0 Å². The fourth-order valence-electron chi connectivity index (χ4n) is 5.15. The molecule has 3 aromatic carbocycles. The van der Waals surface area contributed by atoms with Gasteiger partial charge in [0.2, 0.25) is 11.8 Å². The highest BCUT2D eigenvalue weighted by Gasteiger charge is 2.38. The number of rotatable bonds is 8. The third-order valence-corrected chi connectivity index (χ3v) is 7.51. The van der Waals surface area contributed by atoms with Crippen LogP contribution in [0.5, 0.6) is 0 Å². The highest BCUT2D eigenvalue weighted by molar-refractivity contribution is 6.30. The summed E-state index contributed by atoms with van der Waals surface area (Å²) in [5.74, 6) is -1.08. The second kappa shape index (κ2) is 11.4. The van der Waals surface area contributed by atoms with Gasteiger partial charge in [-0.15, -0.1) is 6.58 Å². The minimum absolute atomic E-state index is 0.00476. The van der Waals surface area contributed by atoms with Crippen LogP contribution in [0.3, 0.4) is 0 Å². The molecular weight excluding hydrogens is 517 g/mol. The van der Waals surface area contributed by atoms with Gasteiger partial charge in [-0.05, 0) is 59.4 Å². The third kappa shape index (κ3) is 5.60. The molecule has 1 aliphatic rings. The van der Waals surface area contributed by atoms with E-state index in [0.29, 0.717) is 19.5 Å². The van der Waals surface area contributed by atoms with E-state index in [-0.39, 0.29) is 41.3 Å². The first-order chi connectivity index (χ1) is 18.9. The molecule has 0 bridgehead atoms. The number of amides is 2. The van der Waals surface area contributed by atoms with Gasteiger partial charge in [0.05, 0.1) is 17.7 Å². The number of hydrogen-bond acceptors (Lipinski definition) is 4.